The van der Waals surface area contributed by atoms with Gasteiger partial charge in [0.2, 0.25) is 0 Å². The topological polar surface area (TPSA) is 72.8 Å². The zero-order valence-electron chi connectivity index (χ0n) is 15.8. The molecule has 0 saturated carbocycles. The molecule has 0 aliphatic heterocycles. The maximum Gasteiger partial charge on any atom is 0.294 e. The second-order valence-corrected chi connectivity index (χ2v) is 9.64. The Morgan fingerprint density at radius 1 is 0.786 bits per heavy atom. The van der Waals surface area contributed by atoms with Crippen LogP contribution in [0.2, 0.25) is 0 Å². The summed E-state index contributed by atoms with van der Waals surface area (Å²) >= 11 is 0. The minimum atomic E-state index is -4.32. The number of rotatable bonds is 6. The average molecular weight is 416 g/mol. The molecule has 3 aromatic rings. The van der Waals surface area contributed by atoms with E-state index >= 15 is 0 Å². The van der Waals surface area contributed by atoms with E-state index in [4.69, 9.17) is 9.47 Å². The van der Waals surface area contributed by atoms with Crippen LogP contribution < -0.4 is 25.4 Å². The first kappa shape index (κ1) is 20.3. The van der Waals surface area contributed by atoms with Gasteiger partial charge in [-0.15, -0.1) is 0 Å². The van der Waals surface area contributed by atoms with Gasteiger partial charge < -0.3 is 9.47 Å². The number of para-hydroxylation sites is 2. The van der Waals surface area contributed by atoms with E-state index < -0.39 is 18.0 Å². The lowest BCUT2D eigenvalue weighted by atomic mass is 10.2. The molecule has 0 fully saturated rings. The van der Waals surface area contributed by atoms with E-state index in [1.807, 2.05) is 55.5 Å². The Labute approximate surface area is 166 Å². The first-order chi connectivity index (χ1) is 13.4. The van der Waals surface area contributed by atoms with E-state index in [1.54, 1.807) is 20.3 Å². The molecule has 28 heavy (non-hydrogen) atoms. The Morgan fingerprint density at radius 2 is 1.29 bits per heavy atom. The molecule has 0 saturated heterocycles. The molecule has 0 spiro atoms. The van der Waals surface area contributed by atoms with Crippen LogP contribution in [-0.4, -0.2) is 27.2 Å². The maximum absolute atomic E-state index is 11.8. The summed E-state index contributed by atoms with van der Waals surface area (Å²) in [5, 5.41) is 2.67. The number of hydrogen-bond donors (Lipinski definition) is 1. The molecule has 0 unspecified atom stereocenters. The Bertz CT molecular complexity index is 1050. The normalized spacial score (nSPS) is 11.5. The fourth-order valence-electron chi connectivity index (χ4n) is 3.01. The first-order valence-corrected chi connectivity index (χ1v) is 11.3. The van der Waals surface area contributed by atoms with Crippen LogP contribution in [0.1, 0.15) is 5.56 Å². The van der Waals surface area contributed by atoms with Crippen molar-refractivity contribution in [1.29, 1.82) is 0 Å². The van der Waals surface area contributed by atoms with Gasteiger partial charge in [-0.3, -0.25) is 4.55 Å². The second-order valence-electron chi connectivity index (χ2n) is 6.10. The number of aryl methyl sites for hydroxylation is 1. The molecule has 7 heteroatoms. The summed E-state index contributed by atoms with van der Waals surface area (Å²) in [7, 11) is -2.32. The highest BCUT2D eigenvalue weighted by Gasteiger charge is 2.26. The van der Waals surface area contributed by atoms with Crippen LogP contribution in [0.4, 0.5) is 0 Å². The summed E-state index contributed by atoms with van der Waals surface area (Å²) in [6.07, 6.45) is 0. The molecule has 0 aliphatic carbocycles. The molecule has 0 radical (unpaired) electrons. The molecule has 5 nitrogen and oxygen atoms in total. The molecule has 0 bridgehead atoms. The monoisotopic (exact) mass is 416 g/mol. The highest BCUT2D eigenvalue weighted by Crippen LogP contribution is 2.40. The van der Waals surface area contributed by atoms with Crippen molar-refractivity contribution < 1.29 is 22.4 Å². The van der Waals surface area contributed by atoms with Crippen LogP contribution in [0.15, 0.2) is 71.6 Å². The van der Waals surface area contributed by atoms with Crippen molar-refractivity contribution in [2.24, 2.45) is 0 Å². The number of benzene rings is 3. The van der Waals surface area contributed by atoms with Gasteiger partial charge in [0.15, 0.2) is 0 Å². The third-order valence-corrected chi connectivity index (χ3v) is 7.89. The van der Waals surface area contributed by atoms with Crippen LogP contribution in [0.25, 0.3) is 0 Å². The van der Waals surface area contributed by atoms with Gasteiger partial charge >= 0.3 is 0 Å². The summed E-state index contributed by atoms with van der Waals surface area (Å²) in [6, 6.07) is 20.0. The number of hydrogen-bond acceptors (Lipinski definition) is 4. The van der Waals surface area contributed by atoms with Gasteiger partial charge in [0, 0.05) is 10.6 Å². The van der Waals surface area contributed by atoms with Crippen LogP contribution in [-0.2, 0) is 10.1 Å². The molecule has 1 N–H and O–H groups in total. The third-order valence-electron chi connectivity index (χ3n) is 4.37. The molecule has 0 amide bonds. The quantitative estimate of drug-likeness (QED) is 0.494. The van der Waals surface area contributed by atoms with Crippen molar-refractivity contribution in [3.05, 3.63) is 72.3 Å². The summed E-state index contributed by atoms with van der Waals surface area (Å²) in [5.74, 6) is 1.41. The van der Waals surface area contributed by atoms with Gasteiger partial charge in [-0.05, 0) is 50.0 Å². The fraction of sp³-hybridized carbons (Fsp3) is 0.143. The van der Waals surface area contributed by atoms with Crippen LogP contribution in [0.3, 0.4) is 0 Å². The van der Waals surface area contributed by atoms with Crippen LogP contribution >= 0.6 is 7.92 Å². The van der Waals surface area contributed by atoms with E-state index in [1.165, 1.54) is 12.1 Å². The van der Waals surface area contributed by atoms with E-state index in [0.717, 1.165) is 21.5 Å². The summed E-state index contributed by atoms with van der Waals surface area (Å²) in [4.78, 5) is -0.134. The van der Waals surface area contributed by atoms with Crippen LogP contribution in [0.5, 0.6) is 11.5 Å². The molecule has 3 aromatic carbocycles. The smallest absolute Gasteiger partial charge is 0.294 e. The Hall–Kier alpha value is -2.40. The zero-order chi connectivity index (χ0) is 20.3. The Kier molecular flexibility index (Phi) is 6.04. The van der Waals surface area contributed by atoms with Crippen molar-refractivity contribution in [3.8, 4) is 11.5 Å². The predicted octanol–water partition coefficient (Wildman–Crippen LogP) is 3.02. The van der Waals surface area contributed by atoms with Crippen molar-refractivity contribution in [2.45, 2.75) is 11.8 Å². The molecule has 146 valence electrons. The minimum absolute atomic E-state index is 0.134. The SMILES string of the molecule is COc1ccccc1P(c1cc(S(=O)(=O)O)ccc1C)c1ccccc1OC. The third kappa shape index (κ3) is 4.04. The van der Waals surface area contributed by atoms with E-state index in [9.17, 15) is 13.0 Å². The van der Waals surface area contributed by atoms with Crippen molar-refractivity contribution in [1.82, 2.24) is 0 Å². The fourth-order valence-corrected chi connectivity index (χ4v) is 6.32. The van der Waals surface area contributed by atoms with E-state index in [2.05, 4.69) is 0 Å². The summed E-state index contributed by atoms with van der Waals surface area (Å²) < 4.78 is 44.2. The second kappa shape index (κ2) is 8.31. The molecule has 3 rings (SSSR count). The molecule has 0 aromatic heterocycles. The molecular formula is C21H21O5PS. The highest BCUT2D eigenvalue weighted by molar-refractivity contribution is 7.86. The first-order valence-electron chi connectivity index (χ1n) is 8.51. The van der Waals surface area contributed by atoms with Gasteiger partial charge in [-0.25, -0.2) is 0 Å². The number of ether oxygens (including phenoxy) is 2. The lowest BCUT2D eigenvalue weighted by Crippen LogP contribution is -2.25. The minimum Gasteiger partial charge on any atom is -0.496 e. The highest BCUT2D eigenvalue weighted by atomic mass is 32.2. The van der Waals surface area contributed by atoms with Crippen LogP contribution in [0, 0.1) is 6.92 Å². The van der Waals surface area contributed by atoms with E-state index in [-0.39, 0.29) is 4.90 Å². The van der Waals surface area contributed by atoms with Gasteiger partial charge in [0.05, 0.1) is 19.1 Å². The lowest BCUT2D eigenvalue weighted by molar-refractivity contribution is 0.417. The van der Waals surface area contributed by atoms with Gasteiger partial charge in [0.25, 0.3) is 10.1 Å². The van der Waals surface area contributed by atoms with Gasteiger partial charge in [-0.2, -0.15) is 8.42 Å². The Balaban J connectivity index is 2.35. The van der Waals surface area contributed by atoms with Gasteiger partial charge in [0.1, 0.15) is 11.5 Å². The van der Waals surface area contributed by atoms with Gasteiger partial charge in [-0.1, -0.05) is 42.5 Å². The Morgan fingerprint density at radius 3 is 1.75 bits per heavy atom. The van der Waals surface area contributed by atoms with Crippen molar-refractivity contribution in [2.75, 3.05) is 14.2 Å². The summed E-state index contributed by atoms with van der Waals surface area (Å²) in [5.41, 5.74) is 0.912. The standard InChI is InChI=1S/C21H21O5PS/c1-15-12-13-16(28(22,23)24)14-21(15)27(19-10-6-4-8-17(19)25-2)20-11-7-5-9-18(20)26-3/h4-14H,1-3H3,(H,22,23,24). The number of methoxy groups -OCH3 is 2. The van der Waals surface area contributed by atoms with E-state index in [0.29, 0.717) is 11.5 Å². The molecule has 0 atom stereocenters. The largest absolute Gasteiger partial charge is 0.496 e. The predicted molar refractivity (Wildman–Crippen MR) is 113 cm³/mol. The lowest BCUT2D eigenvalue weighted by Gasteiger charge is -2.25. The molecule has 0 heterocycles. The van der Waals surface area contributed by atoms with Crippen molar-refractivity contribution >= 4 is 34.0 Å². The molecular weight excluding hydrogens is 395 g/mol. The molecule has 0 aliphatic rings. The average Bonchev–Trinajstić information content (AvgIpc) is 2.69. The summed E-state index contributed by atoms with van der Waals surface area (Å²) in [6.45, 7) is 1.92. The maximum atomic E-state index is 11.8. The zero-order valence-corrected chi connectivity index (χ0v) is 17.5. The van der Waals surface area contributed by atoms with Crippen molar-refractivity contribution in [3.63, 3.8) is 0 Å².